The van der Waals surface area contributed by atoms with Gasteiger partial charge in [0.2, 0.25) is 0 Å². The number of methoxy groups -OCH3 is 2. The van der Waals surface area contributed by atoms with E-state index in [0.29, 0.717) is 6.42 Å². The van der Waals surface area contributed by atoms with Crippen molar-refractivity contribution in [3.05, 3.63) is 0 Å². The molecule has 0 amide bonds. The van der Waals surface area contributed by atoms with Crippen molar-refractivity contribution in [1.29, 1.82) is 0 Å². The summed E-state index contributed by atoms with van der Waals surface area (Å²) in [5.41, 5.74) is 0. The number of hydrogen-bond donors (Lipinski definition) is 9. The van der Waals surface area contributed by atoms with Gasteiger partial charge in [0.25, 0.3) is 0 Å². The lowest BCUT2D eigenvalue weighted by molar-refractivity contribution is -0.427. The molecule has 2 heterocycles. The number of aliphatic hydroxyl groups is 9. The van der Waals surface area contributed by atoms with Gasteiger partial charge in [0, 0.05) is 14.2 Å². The van der Waals surface area contributed by atoms with Gasteiger partial charge in [0.05, 0.1) is 38.6 Å². The number of aliphatic hydroxyl groups excluding tert-OH is 9. The van der Waals surface area contributed by atoms with E-state index in [-0.39, 0.29) is 13.2 Å². The van der Waals surface area contributed by atoms with E-state index in [4.69, 9.17) is 38.2 Å². The smallest absolute Gasteiger partial charge is 0.187 e. The summed E-state index contributed by atoms with van der Waals surface area (Å²) in [5.74, 6) is 0. The first-order valence-corrected chi connectivity index (χ1v) is 13.3. The zero-order chi connectivity index (χ0) is 30.9. The van der Waals surface area contributed by atoms with Gasteiger partial charge in [0.15, 0.2) is 12.6 Å². The van der Waals surface area contributed by atoms with Crippen molar-refractivity contribution in [3.8, 4) is 0 Å². The first-order chi connectivity index (χ1) is 19.4. The Morgan fingerprint density at radius 3 is 1.98 bits per heavy atom. The molecule has 0 aromatic rings. The van der Waals surface area contributed by atoms with Gasteiger partial charge in [-0.3, -0.25) is 0 Å². The SMILES string of the molecule is CCC(O)COCC1OC(O[C@@H]2C(CO)O[C@H](OC)C(O)[C@H]2O)C(O)[C@@H](O)[C@@H]1OOC(CO)[C@@H](OC)C(O)[C@@H](C)O. The van der Waals surface area contributed by atoms with Crippen molar-refractivity contribution in [2.75, 3.05) is 40.6 Å². The minimum Gasteiger partial charge on any atom is -0.394 e. The van der Waals surface area contributed by atoms with E-state index in [0.717, 1.165) is 0 Å². The Balaban J connectivity index is 2.22. The Hall–Kier alpha value is -0.680. The highest BCUT2D eigenvalue weighted by Crippen LogP contribution is 2.31. The van der Waals surface area contributed by atoms with Crippen molar-refractivity contribution >= 4 is 0 Å². The quantitative estimate of drug-likeness (QED) is 0.0555. The van der Waals surface area contributed by atoms with E-state index in [1.54, 1.807) is 6.92 Å². The number of rotatable bonds is 17. The minimum atomic E-state index is -1.85. The summed E-state index contributed by atoms with van der Waals surface area (Å²) in [7, 11) is 2.43. The first kappa shape index (κ1) is 36.5. The molecule has 41 heavy (non-hydrogen) atoms. The van der Waals surface area contributed by atoms with Gasteiger partial charge in [-0.15, -0.1) is 0 Å². The van der Waals surface area contributed by atoms with Gasteiger partial charge in [-0.1, -0.05) is 6.92 Å². The topological polar surface area (TPSA) is 256 Å². The van der Waals surface area contributed by atoms with Gasteiger partial charge in [-0.2, -0.15) is 0 Å². The average Bonchev–Trinajstić information content (AvgIpc) is 2.96. The van der Waals surface area contributed by atoms with E-state index in [9.17, 15) is 46.0 Å². The van der Waals surface area contributed by atoms with Crippen LogP contribution in [0.5, 0.6) is 0 Å². The molecule has 17 heteroatoms. The molecule has 0 saturated carbocycles. The van der Waals surface area contributed by atoms with Gasteiger partial charge < -0.3 is 74.4 Å². The second kappa shape index (κ2) is 17.6. The molecule has 2 aliphatic rings. The van der Waals surface area contributed by atoms with Crippen molar-refractivity contribution in [2.45, 2.75) is 112 Å². The predicted octanol–water partition coefficient (Wildman–Crippen LogP) is -4.87. The second-order valence-electron chi connectivity index (χ2n) is 9.98. The third-order valence-electron chi connectivity index (χ3n) is 6.99. The van der Waals surface area contributed by atoms with Crippen LogP contribution in [0.2, 0.25) is 0 Å². The molecule has 8 unspecified atom stereocenters. The van der Waals surface area contributed by atoms with E-state index in [1.807, 2.05) is 0 Å². The molecule has 2 saturated heterocycles. The van der Waals surface area contributed by atoms with Crippen molar-refractivity contribution in [3.63, 3.8) is 0 Å². The highest BCUT2D eigenvalue weighted by Gasteiger charge is 2.52. The molecule has 2 rings (SSSR count). The zero-order valence-electron chi connectivity index (χ0n) is 23.5. The van der Waals surface area contributed by atoms with Crippen LogP contribution in [0.1, 0.15) is 20.3 Å². The molecule has 0 aromatic carbocycles. The van der Waals surface area contributed by atoms with Crippen LogP contribution < -0.4 is 0 Å². The average molecular weight is 607 g/mol. The molecule has 244 valence electrons. The highest BCUT2D eigenvalue weighted by molar-refractivity contribution is 4.94. The number of hydrogen-bond acceptors (Lipinski definition) is 17. The summed E-state index contributed by atoms with van der Waals surface area (Å²) in [6.45, 7) is 1.17. The lowest BCUT2D eigenvalue weighted by Crippen LogP contribution is -2.65. The molecule has 0 bridgehead atoms. The summed E-state index contributed by atoms with van der Waals surface area (Å²) >= 11 is 0. The molecule has 0 radical (unpaired) electrons. The Morgan fingerprint density at radius 2 is 1.44 bits per heavy atom. The Bertz CT molecular complexity index is 716. The van der Waals surface area contributed by atoms with Crippen LogP contribution in [0.25, 0.3) is 0 Å². The minimum absolute atomic E-state index is 0.119. The molecule has 17 nitrogen and oxygen atoms in total. The normalized spacial score (nSPS) is 38.3. The van der Waals surface area contributed by atoms with E-state index >= 15 is 0 Å². The summed E-state index contributed by atoms with van der Waals surface area (Å²) < 4.78 is 32.4. The summed E-state index contributed by atoms with van der Waals surface area (Å²) in [5, 5.41) is 91.9. The maximum atomic E-state index is 10.9. The zero-order valence-corrected chi connectivity index (χ0v) is 23.5. The molecule has 2 fully saturated rings. The lowest BCUT2D eigenvalue weighted by Gasteiger charge is -2.46. The van der Waals surface area contributed by atoms with E-state index in [2.05, 4.69) is 0 Å². The lowest BCUT2D eigenvalue weighted by atomic mass is 9.97. The highest BCUT2D eigenvalue weighted by atomic mass is 17.2. The maximum absolute atomic E-state index is 10.9. The summed E-state index contributed by atoms with van der Waals surface area (Å²) in [6.07, 6.45) is -21.0. The van der Waals surface area contributed by atoms with Crippen molar-refractivity contribution in [1.82, 2.24) is 0 Å². The van der Waals surface area contributed by atoms with E-state index in [1.165, 1.54) is 21.1 Å². The van der Waals surface area contributed by atoms with E-state index < -0.39 is 105 Å². The fraction of sp³-hybridized carbons (Fsp3) is 1.00. The standard InChI is InChI=1S/C24H46O17/c1-5-11(28)8-36-9-14-22(41-40-13(7-26)20(34-3)15(29)10(2)27)17(31)19(33)24(38-14)39-21-12(6-25)37-23(35-4)18(32)16(21)30/h10-33H,5-9H2,1-4H3/t10-,11?,12?,13?,14?,15?,16-,17-,18?,19?,20-,21-,22-,23+,24?/m1/s1. The van der Waals surface area contributed by atoms with Gasteiger partial charge >= 0.3 is 0 Å². The van der Waals surface area contributed by atoms with Gasteiger partial charge in [0.1, 0.15) is 67.1 Å². The molecule has 0 spiro atoms. The fourth-order valence-corrected chi connectivity index (χ4v) is 4.39. The summed E-state index contributed by atoms with van der Waals surface area (Å²) in [6, 6.07) is 0. The second-order valence-corrected chi connectivity index (χ2v) is 9.98. The van der Waals surface area contributed by atoms with Crippen LogP contribution in [-0.4, -0.2) is 179 Å². The van der Waals surface area contributed by atoms with Crippen molar-refractivity contribution < 1.29 is 84.2 Å². The number of ether oxygens (including phenoxy) is 6. The Morgan fingerprint density at radius 1 is 0.829 bits per heavy atom. The van der Waals surface area contributed by atoms with Crippen LogP contribution in [0.3, 0.4) is 0 Å². The monoisotopic (exact) mass is 606 g/mol. The van der Waals surface area contributed by atoms with Crippen LogP contribution >= 0.6 is 0 Å². The first-order valence-electron chi connectivity index (χ1n) is 13.3. The fourth-order valence-electron chi connectivity index (χ4n) is 4.39. The molecule has 0 aromatic heterocycles. The van der Waals surface area contributed by atoms with Crippen LogP contribution in [0.4, 0.5) is 0 Å². The van der Waals surface area contributed by atoms with Gasteiger partial charge in [-0.05, 0) is 13.3 Å². The van der Waals surface area contributed by atoms with Gasteiger partial charge in [-0.25, -0.2) is 9.78 Å². The molecule has 2 aliphatic heterocycles. The summed E-state index contributed by atoms with van der Waals surface area (Å²) in [4.78, 5) is 10.6. The largest absolute Gasteiger partial charge is 0.394 e. The Kier molecular flexibility index (Phi) is 15.6. The van der Waals surface area contributed by atoms with Crippen LogP contribution in [0.15, 0.2) is 0 Å². The molecule has 9 N–H and O–H groups in total. The third kappa shape index (κ3) is 9.40. The Labute approximate surface area is 237 Å². The molecular formula is C24H46O17. The maximum Gasteiger partial charge on any atom is 0.187 e. The molecule has 0 aliphatic carbocycles. The van der Waals surface area contributed by atoms with Crippen LogP contribution in [-0.2, 0) is 38.2 Å². The predicted molar refractivity (Wildman–Crippen MR) is 133 cm³/mol. The molecule has 15 atom stereocenters. The van der Waals surface area contributed by atoms with Crippen LogP contribution in [0, 0.1) is 0 Å². The molecular weight excluding hydrogens is 560 g/mol. The van der Waals surface area contributed by atoms with Crippen molar-refractivity contribution in [2.24, 2.45) is 0 Å². The third-order valence-corrected chi connectivity index (χ3v) is 6.99.